The Bertz CT molecular complexity index is 490. The number of hydrogen-bond donors (Lipinski definition) is 0. The molecule has 19 heavy (non-hydrogen) atoms. The molecule has 1 aliphatic heterocycles. The van der Waals surface area contributed by atoms with Crippen LogP contribution < -0.4 is 0 Å². The molecule has 0 N–H and O–H groups in total. The Kier molecular flexibility index (Phi) is 3.66. The van der Waals surface area contributed by atoms with Crippen molar-refractivity contribution in [1.29, 1.82) is 0 Å². The largest absolute Gasteiger partial charge is 0.338 e. The molecule has 0 radical (unpaired) electrons. The van der Waals surface area contributed by atoms with E-state index in [1.54, 1.807) is 30.0 Å². The molecule has 1 atom stereocenters. The molecule has 0 saturated carbocycles. The summed E-state index contributed by atoms with van der Waals surface area (Å²) in [5.74, 6) is -0.0658. The number of nitrogens with zero attached hydrogens (tertiary/aromatic N) is 1. The Labute approximate surface area is 114 Å². The summed E-state index contributed by atoms with van der Waals surface area (Å²) in [6.07, 6.45) is 1.00. The lowest BCUT2D eigenvalue weighted by Crippen LogP contribution is -2.31. The van der Waals surface area contributed by atoms with Crippen molar-refractivity contribution in [3.63, 3.8) is 0 Å². The first-order chi connectivity index (χ1) is 8.80. The van der Waals surface area contributed by atoms with E-state index in [1.165, 1.54) is 0 Å². The van der Waals surface area contributed by atoms with E-state index < -0.39 is 0 Å². The molecule has 1 aliphatic rings. The zero-order valence-corrected chi connectivity index (χ0v) is 12.2. The SMILES string of the molecule is Cc1cccc(C(=O)N2CCC(C(C)(C)C)C2)c1F. The molecule has 1 saturated heterocycles. The minimum Gasteiger partial charge on any atom is -0.338 e. The standard InChI is InChI=1S/C16H22FNO/c1-11-6-5-7-13(14(11)17)15(19)18-9-8-12(10-18)16(2,3)4/h5-7,12H,8-10H2,1-4H3. The fourth-order valence-electron chi connectivity index (χ4n) is 2.63. The first-order valence-electron chi connectivity index (χ1n) is 6.85. The van der Waals surface area contributed by atoms with Crippen molar-refractivity contribution < 1.29 is 9.18 Å². The zero-order valence-electron chi connectivity index (χ0n) is 12.2. The fourth-order valence-corrected chi connectivity index (χ4v) is 2.63. The Hall–Kier alpha value is -1.38. The van der Waals surface area contributed by atoms with Crippen molar-refractivity contribution in [2.24, 2.45) is 11.3 Å². The number of likely N-dealkylation sites (tertiary alicyclic amines) is 1. The number of amides is 1. The Morgan fingerprint density at radius 3 is 2.63 bits per heavy atom. The van der Waals surface area contributed by atoms with Gasteiger partial charge in [0.2, 0.25) is 0 Å². The van der Waals surface area contributed by atoms with E-state index in [9.17, 15) is 9.18 Å². The van der Waals surface area contributed by atoms with Crippen LogP contribution in [0.25, 0.3) is 0 Å². The van der Waals surface area contributed by atoms with E-state index in [-0.39, 0.29) is 22.7 Å². The van der Waals surface area contributed by atoms with Gasteiger partial charge in [-0.15, -0.1) is 0 Å². The monoisotopic (exact) mass is 263 g/mol. The number of carbonyl (C=O) groups is 1. The molecule has 1 aromatic carbocycles. The number of aryl methyl sites for hydroxylation is 1. The van der Waals surface area contributed by atoms with Crippen molar-refractivity contribution in [1.82, 2.24) is 4.90 Å². The number of carbonyl (C=O) groups excluding carboxylic acids is 1. The summed E-state index contributed by atoms with van der Waals surface area (Å²) in [4.78, 5) is 14.2. The predicted octanol–water partition coefficient (Wildman–Crippen LogP) is 3.64. The molecule has 1 aromatic rings. The second-order valence-electron chi connectivity index (χ2n) is 6.54. The van der Waals surface area contributed by atoms with Crippen LogP contribution in [0.1, 0.15) is 43.1 Å². The summed E-state index contributed by atoms with van der Waals surface area (Å²) in [7, 11) is 0. The van der Waals surface area contributed by atoms with E-state index in [4.69, 9.17) is 0 Å². The third kappa shape index (κ3) is 2.80. The molecule has 2 rings (SSSR count). The summed E-state index contributed by atoms with van der Waals surface area (Å²) < 4.78 is 14.0. The van der Waals surface area contributed by atoms with Gasteiger partial charge in [-0.25, -0.2) is 4.39 Å². The van der Waals surface area contributed by atoms with Gasteiger partial charge < -0.3 is 4.90 Å². The van der Waals surface area contributed by atoms with E-state index in [1.807, 2.05) is 0 Å². The van der Waals surface area contributed by atoms with Crippen molar-refractivity contribution in [2.45, 2.75) is 34.1 Å². The van der Waals surface area contributed by atoms with Crippen molar-refractivity contribution in [3.05, 3.63) is 35.1 Å². The number of halogens is 1. The maximum absolute atomic E-state index is 14.0. The van der Waals surface area contributed by atoms with Gasteiger partial charge in [0.15, 0.2) is 0 Å². The highest BCUT2D eigenvalue weighted by Gasteiger charge is 2.34. The molecule has 1 amide bonds. The average Bonchev–Trinajstić information content (AvgIpc) is 2.81. The Morgan fingerprint density at radius 2 is 2.05 bits per heavy atom. The van der Waals surface area contributed by atoms with Crippen molar-refractivity contribution in [3.8, 4) is 0 Å². The topological polar surface area (TPSA) is 20.3 Å². The van der Waals surface area contributed by atoms with E-state index >= 15 is 0 Å². The van der Waals surface area contributed by atoms with Crippen LogP contribution >= 0.6 is 0 Å². The minimum atomic E-state index is -0.383. The van der Waals surface area contributed by atoms with Crippen LogP contribution in [0.4, 0.5) is 4.39 Å². The third-order valence-electron chi connectivity index (χ3n) is 4.12. The van der Waals surface area contributed by atoms with Crippen LogP contribution in [0.15, 0.2) is 18.2 Å². The quantitative estimate of drug-likeness (QED) is 0.757. The van der Waals surface area contributed by atoms with Gasteiger partial charge in [-0.3, -0.25) is 4.79 Å². The van der Waals surface area contributed by atoms with E-state index in [2.05, 4.69) is 20.8 Å². The fraction of sp³-hybridized carbons (Fsp3) is 0.562. The van der Waals surface area contributed by atoms with Crippen molar-refractivity contribution >= 4 is 5.91 Å². The molecular formula is C16H22FNO. The molecule has 3 heteroatoms. The lowest BCUT2D eigenvalue weighted by Gasteiger charge is -2.27. The second kappa shape index (κ2) is 4.95. The van der Waals surface area contributed by atoms with Crippen LogP contribution in [-0.2, 0) is 0 Å². The second-order valence-corrected chi connectivity index (χ2v) is 6.54. The number of rotatable bonds is 1. The maximum Gasteiger partial charge on any atom is 0.256 e. The highest BCUT2D eigenvalue weighted by molar-refractivity contribution is 5.94. The van der Waals surface area contributed by atoms with Gasteiger partial charge in [0.25, 0.3) is 5.91 Å². The maximum atomic E-state index is 14.0. The van der Waals surface area contributed by atoms with Crippen LogP contribution in [0.3, 0.4) is 0 Å². The Balaban J connectivity index is 2.16. The number of benzene rings is 1. The summed E-state index contributed by atoms with van der Waals surface area (Å²) in [6, 6.07) is 5.01. The summed E-state index contributed by atoms with van der Waals surface area (Å²) >= 11 is 0. The van der Waals surface area contributed by atoms with E-state index in [0.717, 1.165) is 19.5 Å². The molecule has 0 bridgehead atoms. The van der Waals surface area contributed by atoms with Gasteiger partial charge in [0.05, 0.1) is 5.56 Å². The summed E-state index contributed by atoms with van der Waals surface area (Å²) in [6.45, 7) is 9.73. The van der Waals surface area contributed by atoms with Gasteiger partial charge in [-0.2, -0.15) is 0 Å². The Morgan fingerprint density at radius 1 is 1.37 bits per heavy atom. The van der Waals surface area contributed by atoms with Gasteiger partial charge >= 0.3 is 0 Å². The van der Waals surface area contributed by atoms with Crippen molar-refractivity contribution in [2.75, 3.05) is 13.1 Å². The molecule has 104 valence electrons. The van der Waals surface area contributed by atoms with Gasteiger partial charge in [0.1, 0.15) is 5.82 Å². The molecule has 2 nitrogen and oxygen atoms in total. The molecule has 1 fully saturated rings. The van der Waals surface area contributed by atoms with Crippen LogP contribution in [0.2, 0.25) is 0 Å². The molecule has 0 spiro atoms. The minimum absolute atomic E-state index is 0.173. The zero-order chi connectivity index (χ0) is 14.2. The molecule has 1 heterocycles. The first kappa shape index (κ1) is 14.0. The van der Waals surface area contributed by atoms with Gasteiger partial charge in [-0.1, -0.05) is 32.9 Å². The first-order valence-corrected chi connectivity index (χ1v) is 6.85. The normalized spacial score (nSPS) is 19.8. The lowest BCUT2D eigenvalue weighted by molar-refractivity contribution is 0.0771. The third-order valence-corrected chi connectivity index (χ3v) is 4.12. The highest BCUT2D eigenvalue weighted by atomic mass is 19.1. The summed E-state index contributed by atoms with van der Waals surface area (Å²) in [5.41, 5.74) is 0.923. The van der Waals surface area contributed by atoms with Crippen LogP contribution in [-0.4, -0.2) is 23.9 Å². The molecule has 0 aliphatic carbocycles. The molecule has 0 aromatic heterocycles. The van der Waals surface area contributed by atoms with Crippen LogP contribution in [0.5, 0.6) is 0 Å². The van der Waals surface area contributed by atoms with Gasteiger partial charge in [-0.05, 0) is 36.3 Å². The molecular weight excluding hydrogens is 241 g/mol. The van der Waals surface area contributed by atoms with E-state index in [0.29, 0.717) is 11.5 Å². The smallest absolute Gasteiger partial charge is 0.256 e. The predicted molar refractivity (Wildman–Crippen MR) is 74.6 cm³/mol. The lowest BCUT2D eigenvalue weighted by atomic mass is 9.80. The van der Waals surface area contributed by atoms with Gasteiger partial charge in [0, 0.05) is 13.1 Å². The van der Waals surface area contributed by atoms with Crippen LogP contribution in [0, 0.1) is 24.1 Å². The average molecular weight is 263 g/mol. The highest BCUT2D eigenvalue weighted by Crippen LogP contribution is 2.34. The molecule has 1 unspecified atom stereocenters. The summed E-state index contributed by atoms with van der Waals surface area (Å²) in [5, 5.41) is 0. The number of hydrogen-bond acceptors (Lipinski definition) is 1.